The molecule has 0 amide bonds. The van der Waals surface area contributed by atoms with Crippen LogP contribution in [0.1, 0.15) is 30.4 Å². The fraction of sp³-hybridized carbons (Fsp3) is 0.385. The van der Waals surface area contributed by atoms with Crippen LogP contribution in [0, 0.1) is 22.0 Å². The van der Waals surface area contributed by atoms with Crippen molar-refractivity contribution in [2.24, 2.45) is 0 Å². The van der Waals surface area contributed by atoms with Crippen molar-refractivity contribution < 1.29 is 23.2 Å². The number of rotatable bonds is 4. The topological polar surface area (TPSA) is 63.4 Å². The molecule has 0 aliphatic carbocycles. The number of aliphatic hydroxyl groups excluding tert-OH is 1. The molecule has 0 radical (unpaired) electrons. The van der Waals surface area contributed by atoms with Gasteiger partial charge < -0.3 is 5.11 Å². The third-order valence-electron chi connectivity index (χ3n) is 2.45. The first-order valence-electron chi connectivity index (χ1n) is 5.81. The lowest BCUT2D eigenvalue weighted by Gasteiger charge is -2.06. The number of hydrogen-bond donors (Lipinski definition) is 1. The summed E-state index contributed by atoms with van der Waals surface area (Å²) < 4.78 is 37.4. The number of aliphatic hydroxyl groups is 1. The molecular weight excluding hydrogens is 275 g/mol. The number of nitro benzene ring substituents is 1. The molecule has 0 saturated heterocycles. The highest BCUT2D eigenvalue weighted by molar-refractivity contribution is 5.53. The molecule has 1 rings (SSSR count). The Morgan fingerprint density at radius 1 is 1.30 bits per heavy atom. The molecule has 0 unspecified atom stereocenters. The van der Waals surface area contributed by atoms with E-state index in [9.17, 15) is 23.3 Å². The second-order valence-corrected chi connectivity index (χ2v) is 3.97. The number of halogens is 3. The lowest BCUT2D eigenvalue weighted by Crippen LogP contribution is -2.06. The van der Waals surface area contributed by atoms with Crippen molar-refractivity contribution in [3.8, 4) is 11.8 Å². The fourth-order valence-corrected chi connectivity index (χ4v) is 1.45. The van der Waals surface area contributed by atoms with E-state index in [0.29, 0.717) is 25.3 Å². The Morgan fingerprint density at radius 3 is 2.55 bits per heavy atom. The first-order chi connectivity index (χ1) is 9.36. The molecule has 0 spiro atoms. The third kappa shape index (κ3) is 4.55. The van der Waals surface area contributed by atoms with Gasteiger partial charge in [-0.15, -0.1) is 0 Å². The molecule has 0 bridgehead atoms. The molecule has 0 aliphatic heterocycles. The van der Waals surface area contributed by atoms with Gasteiger partial charge >= 0.3 is 6.18 Å². The number of hydrogen-bond acceptors (Lipinski definition) is 3. The van der Waals surface area contributed by atoms with Gasteiger partial charge in [-0.3, -0.25) is 10.1 Å². The molecule has 1 aromatic rings. The third-order valence-corrected chi connectivity index (χ3v) is 2.45. The van der Waals surface area contributed by atoms with Gasteiger partial charge in [-0.2, -0.15) is 13.2 Å². The highest BCUT2D eigenvalue weighted by atomic mass is 19.4. The summed E-state index contributed by atoms with van der Waals surface area (Å²) in [5.74, 6) is 5.13. The summed E-state index contributed by atoms with van der Waals surface area (Å²) in [6, 6.07) is 2.25. The maximum absolute atomic E-state index is 12.5. The van der Waals surface area contributed by atoms with E-state index in [1.165, 1.54) is 0 Å². The molecule has 4 nitrogen and oxygen atoms in total. The van der Waals surface area contributed by atoms with Gasteiger partial charge in [0.2, 0.25) is 0 Å². The van der Waals surface area contributed by atoms with Crippen molar-refractivity contribution >= 4 is 5.69 Å². The van der Waals surface area contributed by atoms with Gasteiger partial charge in [-0.25, -0.2) is 0 Å². The van der Waals surface area contributed by atoms with Crippen LogP contribution in [0.4, 0.5) is 18.9 Å². The zero-order valence-electron chi connectivity index (χ0n) is 10.4. The Labute approximate surface area is 113 Å². The van der Waals surface area contributed by atoms with Gasteiger partial charge in [0, 0.05) is 19.1 Å². The van der Waals surface area contributed by atoms with Crippen LogP contribution in [-0.2, 0) is 6.18 Å². The molecule has 1 aromatic carbocycles. The predicted molar refractivity (Wildman–Crippen MR) is 65.9 cm³/mol. The summed E-state index contributed by atoms with van der Waals surface area (Å²) in [5, 5.41) is 19.3. The molecule has 0 heterocycles. The summed E-state index contributed by atoms with van der Waals surface area (Å²) in [7, 11) is 0. The predicted octanol–water partition coefficient (Wildman–Crippen LogP) is 3.13. The van der Waals surface area contributed by atoms with Crippen molar-refractivity contribution in [1.29, 1.82) is 0 Å². The zero-order valence-corrected chi connectivity index (χ0v) is 10.4. The monoisotopic (exact) mass is 287 g/mol. The number of benzene rings is 1. The van der Waals surface area contributed by atoms with Crippen molar-refractivity contribution in [3.63, 3.8) is 0 Å². The Bertz CT molecular complexity index is 544. The Kier molecular flexibility index (Phi) is 5.53. The van der Waals surface area contributed by atoms with Crippen LogP contribution >= 0.6 is 0 Å². The van der Waals surface area contributed by atoms with Crippen LogP contribution in [0.25, 0.3) is 0 Å². The highest BCUT2D eigenvalue weighted by Gasteiger charge is 2.32. The SMILES string of the molecule is O=[N+]([O-])c1cc(C(F)(F)F)ccc1C#CCCCCO. The standard InChI is InChI=1S/C13H12F3NO3/c14-13(15,16)11-7-6-10(12(9-11)17(19)20)5-3-1-2-4-8-18/h6-7,9,18H,1-2,4,8H2. The molecule has 7 heteroatoms. The van der Waals surface area contributed by atoms with Gasteiger partial charge in [0.25, 0.3) is 5.69 Å². The van der Waals surface area contributed by atoms with E-state index in [1.807, 2.05) is 0 Å². The minimum atomic E-state index is -4.63. The van der Waals surface area contributed by atoms with Crippen LogP contribution in [-0.4, -0.2) is 16.6 Å². The number of nitrogens with zero attached hydrogens (tertiary/aromatic N) is 1. The first-order valence-corrected chi connectivity index (χ1v) is 5.81. The quantitative estimate of drug-likeness (QED) is 0.400. The molecule has 0 saturated carbocycles. The summed E-state index contributed by atoms with van der Waals surface area (Å²) in [5.41, 5.74) is -1.78. The van der Waals surface area contributed by atoms with Gasteiger partial charge in [0.05, 0.1) is 10.5 Å². The van der Waals surface area contributed by atoms with Gasteiger partial charge in [-0.1, -0.05) is 11.8 Å². The maximum atomic E-state index is 12.5. The Hall–Kier alpha value is -2.07. The number of nitro groups is 1. The van der Waals surface area contributed by atoms with Crippen molar-refractivity contribution in [2.45, 2.75) is 25.4 Å². The molecule has 0 fully saturated rings. The molecular formula is C13H12F3NO3. The normalized spacial score (nSPS) is 10.8. The van der Waals surface area contributed by atoms with Crippen LogP contribution in [0.5, 0.6) is 0 Å². The zero-order chi connectivity index (χ0) is 15.2. The highest BCUT2D eigenvalue weighted by Crippen LogP contribution is 2.32. The number of alkyl halides is 3. The summed E-state index contributed by atoms with van der Waals surface area (Å²) >= 11 is 0. The van der Waals surface area contributed by atoms with E-state index in [-0.39, 0.29) is 12.2 Å². The molecule has 0 aromatic heterocycles. The van der Waals surface area contributed by atoms with E-state index >= 15 is 0 Å². The molecule has 0 atom stereocenters. The molecule has 0 aliphatic rings. The second-order valence-electron chi connectivity index (χ2n) is 3.97. The van der Waals surface area contributed by atoms with Gasteiger partial charge in [-0.05, 0) is 25.0 Å². The van der Waals surface area contributed by atoms with Crippen LogP contribution in [0.2, 0.25) is 0 Å². The summed E-state index contributed by atoms with van der Waals surface area (Å²) in [6.07, 6.45) is -3.03. The number of unbranched alkanes of at least 4 members (excludes halogenated alkanes) is 2. The van der Waals surface area contributed by atoms with E-state index in [0.717, 1.165) is 12.1 Å². The maximum Gasteiger partial charge on any atom is 0.416 e. The minimum absolute atomic E-state index is 0.0299. The largest absolute Gasteiger partial charge is 0.416 e. The molecule has 1 N–H and O–H groups in total. The Balaban J connectivity index is 2.99. The van der Waals surface area contributed by atoms with E-state index in [4.69, 9.17) is 5.11 Å². The minimum Gasteiger partial charge on any atom is -0.396 e. The average molecular weight is 287 g/mol. The smallest absolute Gasteiger partial charge is 0.396 e. The van der Waals surface area contributed by atoms with E-state index in [1.54, 1.807) is 0 Å². The van der Waals surface area contributed by atoms with Crippen molar-refractivity contribution in [2.75, 3.05) is 6.61 Å². The van der Waals surface area contributed by atoms with Gasteiger partial charge in [0.15, 0.2) is 0 Å². The van der Waals surface area contributed by atoms with Crippen molar-refractivity contribution in [3.05, 3.63) is 39.4 Å². The van der Waals surface area contributed by atoms with Crippen LogP contribution in [0.15, 0.2) is 18.2 Å². The van der Waals surface area contributed by atoms with E-state index < -0.39 is 22.4 Å². The van der Waals surface area contributed by atoms with E-state index in [2.05, 4.69) is 11.8 Å². The molecule has 20 heavy (non-hydrogen) atoms. The molecule has 108 valence electrons. The average Bonchev–Trinajstić information content (AvgIpc) is 2.37. The van der Waals surface area contributed by atoms with Gasteiger partial charge in [0.1, 0.15) is 5.56 Å². The van der Waals surface area contributed by atoms with Crippen LogP contribution < -0.4 is 0 Å². The second kappa shape index (κ2) is 6.91. The summed E-state index contributed by atoms with van der Waals surface area (Å²) in [4.78, 5) is 9.89. The lowest BCUT2D eigenvalue weighted by molar-refractivity contribution is -0.385. The van der Waals surface area contributed by atoms with Crippen LogP contribution in [0.3, 0.4) is 0 Å². The fourth-order valence-electron chi connectivity index (χ4n) is 1.45. The van der Waals surface area contributed by atoms with Crippen molar-refractivity contribution in [1.82, 2.24) is 0 Å². The first kappa shape index (κ1) is 16.0. The lowest BCUT2D eigenvalue weighted by atomic mass is 10.1. The summed E-state index contributed by atoms with van der Waals surface area (Å²) in [6.45, 7) is 0.0299. The Morgan fingerprint density at radius 2 is 2.00 bits per heavy atom.